The van der Waals surface area contributed by atoms with Crippen molar-refractivity contribution in [1.29, 1.82) is 0 Å². The molecule has 1 saturated carbocycles. The van der Waals surface area contributed by atoms with E-state index in [2.05, 4.69) is 17.0 Å². The third-order valence-corrected chi connectivity index (χ3v) is 4.51. The van der Waals surface area contributed by atoms with Crippen LogP contribution < -0.4 is 10.5 Å². The Morgan fingerprint density at radius 2 is 2.00 bits per heavy atom. The van der Waals surface area contributed by atoms with Crippen LogP contribution in [0.25, 0.3) is 0 Å². The molecule has 1 aromatic rings. The molecule has 2 aliphatic rings. The lowest BCUT2D eigenvalue weighted by molar-refractivity contribution is 0.414. The summed E-state index contributed by atoms with van der Waals surface area (Å²) in [6.45, 7) is 2.12. The number of benzene rings is 1. The molecule has 1 saturated heterocycles. The van der Waals surface area contributed by atoms with Gasteiger partial charge in [0.05, 0.1) is 13.2 Å². The molecular weight excluding hydrogens is 262 g/mol. The van der Waals surface area contributed by atoms with Crippen molar-refractivity contribution in [3.63, 3.8) is 0 Å². The third-order valence-electron chi connectivity index (χ3n) is 4.51. The van der Waals surface area contributed by atoms with Crippen molar-refractivity contribution in [2.45, 2.75) is 44.1 Å². The first-order chi connectivity index (χ1) is 10.3. The van der Waals surface area contributed by atoms with Gasteiger partial charge in [-0.15, -0.1) is 0 Å². The Kier molecular flexibility index (Phi) is 4.32. The maximum Gasteiger partial charge on any atom is 0.191 e. The molecule has 0 unspecified atom stereocenters. The van der Waals surface area contributed by atoms with Crippen LogP contribution in [0, 0.1) is 0 Å². The Labute approximate surface area is 127 Å². The van der Waals surface area contributed by atoms with Crippen molar-refractivity contribution >= 4 is 5.96 Å². The van der Waals surface area contributed by atoms with Gasteiger partial charge in [0.1, 0.15) is 5.75 Å². The molecule has 21 heavy (non-hydrogen) atoms. The number of nitrogens with two attached hydrogens (primary N) is 1. The number of guanidine groups is 1. The average molecular weight is 287 g/mol. The van der Waals surface area contributed by atoms with Gasteiger partial charge in [0, 0.05) is 19.0 Å². The first-order valence-corrected chi connectivity index (χ1v) is 8.00. The molecule has 3 rings (SSSR count). The van der Waals surface area contributed by atoms with E-state index in [0.717, 1.165) is 31.2 Å². The van der Waals surface area contributed by atoms with E-state index < -0.39 is 0 Å². The minimum atomic E-state index is 0.348. The van der Waals surface area contributed by atoms with Crippen molar-refractivity contribution in [2.75, 3.05) is 20.2 Å². The largest absolute Gasteiger partial charge is 0.497 e. The number of methoxy groups -OCH3 is 1. The highest BCUT2D eigenvalue weighted by molar-refractivity contribution is 5.78. The highest BCUT2D eigenvalue weighted by atomic mass is 16.5. The van der Waals surface area contributed by atoms with Crippen molar-refractivity contribution in [2.24, 2.45) is 10.7 Å². The minimum absolute atomic E-state index is 0.348. The molecule has 2 atom stereocenters. The summed E-state index contributed by atoms with van der Waals surface area (Å²) in [5.74, 6) is 2.17. The monoisotopic (exact) mass is 287 g/mol. The van der Waals surface area contributed by atoms with Gasteiger partial charge in [0.25, 0.3) is 0 Å². The molecule has 1 heterocycles. The smallest absolute Gasteiger partial charge is 0.191 e. The van der Waals surface area contributed by atoms with E-state index in [-0.39, 0.29) is 0 Å². The summed E-state index contributed by atoms with van der Waals surface area (Å²) in [5.41, 5.74) is 7.52. The maximum absolute atomic E-state index is 6.21. The molecule has 4 nitrogen and oxygen atoms in total. The summed E-state index contributed by atoms with van der Waals surface area (Å²) < 4.78 is 5.29. The van der Waals surface area contributed by atoms with Crippen LogP contribution in [0.3, 0.4) is 0 Å². The zero-order chi connectivity index (χ0) is 14.7. The number of hydrogen-bond donors (Lipinski definition) is 1. The van der Waals surface area contributed by atoms with E-state index in [0.29, 0.717) is 12.0 Å². The van der Waals surface area contributed by atoms with Crippen LogP contribution in [0.5, 0.6) is 5.75 Å². The fourth-order valence-electron chi connectivity index (χ4n) is 3.11. The molecule has 2 fully saturated rings. The summed E-state index contributed by atoms with van der Waals surface area (Å²) in [6.07, 6.45) is 6.21. The predicted octanol–water partition coefficient (Wildman–Crippen LogP) is 2.74. The minimum Gasteiger partial charge on any atom is -0.497 e. The molecule has 0 amide bonds. The van der Waals surface area contributed by atoms with Crippen molar-refractivity contribution in [3.8, 4) is 5.75 Å². The Morgan fingerprint density at radius 1 is 1.24 bits per heavy atom. The number of likely N-dealkylation sites (tertiary alicyclic amines) is 1. The normalized spacial score (nSPS) is 26.3. The summed E-state index contributed by atoms with van der Waals surface area (Å²) in [5, 5.41) is 0. The van der Waals surface area contributed by atoms with E-state index in [4.69, 9.17) is 15.5 Å². The molecule has 1 aliphatic heterocycles. The Morgan fingerprint density at radius 3 is 2.71 bits per heavy atom. The highest BCUT2D eigenvalue weighted by Gasteiger charge is 2.39. The summed E-state index contributed by atoms with van der Waals surface area (Å²) >= 11 is 0. The Balaban J connectivity index is 1.62. The van der Waals surface area contributed by atoms with E-state index in [1.807, 2.05) is 12.1 Å². The molecule has 114 valence electrons. The van der Waals surface area contributed by atoms with Crippen LogP contribution >= 0.6 is 0 Å². The van der Waals surface area contributed by atoms with Gasteiger partial charge in [-0.1, -0.05) is 25.0 Å². The standard InChI is InChI=1S/C17H25N3O/c1-21-14-8-6-7-13(11-14)15-12-16(15)19-17(18)20-9-4-2-3-5-10-20/h6-8,11,15-16H,2-5,9-10,12H2,1H3,(H2,18,19)/t15-,16+/m0/s1. The SMILES string of the molecule is COc1cccc([C@@H]2C[C@H]2N=C(N)N2CCCCCC2)c1. The number of rotatable bonds is 3. The van der Waals surface area contributed by atoms with E-state index in [9.17, 15) is 0 Å². The predicted molar refractivity (Wildman–Crippen MR) is 85.8 cm³/mol. The highest BCUT2D eigenvalue weighted by Crippen LogP contribution is 2.44. The molecule has 1 aromatic carbocycles. The van der Waals surface area contributed by atoms with Crippen molar-refractivity contribution < 1.29 is 4.74 Å². The quantitative estimate of drug-likeness (QED) is 0.687. The lowest BCUT2D eigenvalue weighted by atomic mass is 10.1. The molecule has 2 N–H and O–H groups in total. The second-order valence-corrected chi connectivity index (χ2v) is 6.07. The Hall–Kier alpha value is -1.71. The second-order valence-electron chi connectivity index (χ2n) is 6.07. The Bertz CT molecular complexity index is 507. The lowest BCUT2D eigenvalue weighted by Crippen LogP contribution is -2.38. The first-order valence-electron chi connectivity index (χ1n) is 8.00. The zero-order valence-corrected chi connectivity index (χ0v) is 12.8. The topological polar surface area (TPSA) is 50.9 Å². The maximum atomic E-state index is 6.21. The number of ether oxygens (including phenoxy) is 1. The van der Waals surface area contributed by atoms with Crippen molar-refractivity contribution in [1.82, 2.24) is 4.90 Å². The van der Waals surface area contributed by atoms with Gasteiger partial charge in [-0.3, -0.25) is 0 Å². The number of nitrogens with zero attached hydrogens (tertiary/aromatic N) is 2. The van der Waals surface area contributed by atoms with Gasteiger partial charge in [-0.2, -0.15) is 0 Å². The first kappa shape index (κ1) is 14.2. The van der Waals surface area contributed by atoms with Crippen LogP contribution in [0.15, 0.2) is 29.3 Å². The second kappa shape index (κ2) is 6.37. The van der Waals surface area contributed by atoms with Crippen LogP contribution in [0.4, 0.5) is 0 Å². The summed E-state index contributed by atoms with van der Waals surface area (Å²) in [6, 6.07) is 8.65. The van der Waals surface area contributed by atoms with Crippen LogP contribution in [-0.4, -0.2) is 37.1 Å². The van der Waals surface area contributed by atoms with Gasteiger partial charge in [0.15, 0.2) is 5.96 Å². The summed E-state index contributed by atoms with van der Waals surface area (Å²) in [4.78, 5) is 7.00. The van der Waals surface area contributed by atoms with Gasteiger partial charge in [-0.25, -0.2) is 4.99 Å². The van der Waals surface area contributed by atoms with Crippen LogP contribution in [-0.2, 0) is 0 Å². The zero-order valence-electron chi connectivity index (χ0n) is 12.8. The van der Waals surface area contributed by atoms with Gasteiger partial charge in [0.2, 0.25) is 0 Å². The molecular formula is C17H25N3O. The van der Waals surface area contributed by atoms with Crippen LogP contribution in [0.2, 0.25) is 0 Å². The molecule has 0 radical (unpaired) electrons. The molecule has 0 spiro atoms. The summed E-state index contributed by atoms with van der Waals surface area (Å²) in [7, 11) is 1.71. The molecule has 0 bridgehead atoms. The molecule has 1 aliphatic carbocycles. The fraction of sp³-hybridized carbons (Fsp3) is 0.588. The molecule has 4 heteroatoms. The fourth-order valence-corrected chi connectivity index (χ4v) is 3.11. The number of hydrogen-bond acceptors (Lipinski definition) is 2. The van der Waals surface area contributed by atoms with Gasteiger partial charge >= 0.3 is 0 Å². The van der Waals surface area contributed by atoms with Crippen LogP contribution in [0.1, 0.15) is 43.6 Å². The lowest BCUT2D eigenvalue weighted by Gasteiger charge is -2.21. The molecule has 0 aromatic heterocycles. The van der Waals surface area contributed by atoms with E-state index in [1.54, 1.807) is 7.11 Å². The number of aliphatic imine (C=N–C) groups is 1. The van der Waals surface area contributed by atoms with Gasteiger partial charge in [-0.05, 0) is 37.0 Å². The van der Waals surface area contributed by atoms with E-state index >= 15 is 0 Å². The average Bonchev–Trinajstić information content (AvgIpc) is 3.30. The van der Waals surface area contributed by atoms with Gasteiger partial charge < -0.3 is 15.4 Å². The van der Waals surface area contributed by atoms with E-state index in [1.165, 1.54) is 31.2 Å². The van der Waals surface area contributed by atoms with Crippen molar-refractivity contribution in [3.05, 3.63) is 29.8 Å². The third kappa shape index (κ3) is 3.49.